The maximum absolute atomic E-state index is 14.5. The van der Waals surface area contributed by atoms with Gasteiger partial charge in [-0.15, -0.1) is 0 Å². The van der Waals surface area contributed by atoms with Crippen molar-refractivity contribution in [3.63, 3.8) is 0 Å². The average molecular weight is 729 g/mol. The van der Waals surface area contributed by atoms with Crippen LogP contribution in [0, 0.1) is 0 Å². The Morgan fingerprint density at radius 2 is 1.37 bits per heavy atom. The van der Waals surface area contributed by atoms with E-state index in [9.17, 15) is 14.4 Å². The second-order valence-electron chi connectivity index (χ2n) is 15.6. The van der Waals surface area contributed by atoms with Gasteiger partial charge in [0.15, 0.2) is 0 Å². The van der Waals surface area contributed by atoms with E-state index >= 15 is 0 Å². The number of alkyl carbamates (subject to hydrolysis) is 1. The zero-order chi connectivity index (χ0) is 37.6. The Morgan fingerprint density at radius 1 is 0.788 bits per heavy atom. The number of nitrogens with zero attached hydrogens (tertiary/aromatic N) is 1. The molecule has 1 heterocycles. The normalized spacial score (nSPS) is 15.0. The summed E-state index contributed by atoms with van der Waals surface area (Å²) in [5.41, 5.74) is 4.48. The topological polar surface area (TPSA) is 87.7 Å². The molecule has 1 aliphatic heterocycles. The van der Waals surface area contributed by atoms with Crippen molar-refractivity contribution in [3.8, 4) is 0 Å². The number of fused-ring (bicyclic) bond motifs is 1. The van der Waals surface area contributed by atoms with Crippen molar-refractivity contribution in [2.24, 2.45) is 0 Å². The van der Waals surface area contributed by atoms with Crippen LogP contribution in [-0.2, 0) is 39.9 Å². The molecular weight excluding hydrogens is 665 g/mol. The Hall–Kier alpha value is -3.70. The number of aryl methyl sites for hydroxylation is 1. The van der Waals surface area contributed by atoms with Gasteiger partial charge in [-0.3, -0.25) is 9.59 Å². The molecule has 0 spiro atoms. The number of carbonyl (C=O) groups excluding carboxylic acids is 3. The highest BCUT2D eigenvalue weighted by Crippen LogP contribution is 2.63. The minimum absolute atomic E-state index is 0.231. The molecule has 7 nitrogen and oxygen atoms in total. The van der Waals surface area contributed by atoms with E-state index in [1.165, 1.54) is 62.6 Å². The quantitative estimate of drug-likeness (QED) is 0.128. The van der Waals surface area contributed by atoms with Gasteiger partial charge in [0, 0.05) is 25.9 Å². The first-order chi connectivity index (χ1) is 25.0. The Morgan fingerprint density at radius 3 is 1.94 bits per heavy atom. The van der Waals surface area contributed by atoms with Crippen LogP contribution >= 0.6 is 7.26 Å². The Bertz CT molecular complexity index is 1550. The molecule has 0 saturated heterocycles. The van der Waals surface area contributed by atoms with Crippen LogP contribution in [0.5, 0.6) is 0 Å². The highest BCUT2D eigenvalue weighted by atomic mass is 31.2. The van der Waals surface area contributed by atoms with Crippen LogP contribution in [-0.4, -0.2) is 59.0 Å². The number of rotatable bonds is 18. The average Bonchev–Trinajstić information content (AvgIpc) is 3.13. The Kier molecular flexibility index (Phi) is 15.7. The predicted octanol–water partition coefficient (Wildman–Crippen LogP) is 10.0. The van der Waals surface area contributed by atoms with Crippen molar-refractivity contribution in [2.75, 3.05) is 23.8 Å². The number of carbonyl (C=O) groups is 3. The van der Waals surface area contributed by atoms with Gasteiger partial charge < -0.3 is 20.3 Å². The SMILES string of the molecule is CCCC[P+](CCCC)(CCCC)Cc1ccc(NC(=O)C2Cc3ccccc3CN2C(=O)C(CCc2ccccc2)NC(=O)OC(C)(C)C)cc1. The third-order valence-corrected chi connectivity index (χ3v) is 14.9. The molecule has 2 unspecified atom stereocenters. The van der Waals surface area contributed by atoms with Gasteiger partial charge in [0.2, 0.25) is 11.8 Å². The van der Waals surface area contributed by atoms with Crippen molar-refractivity contribution in [2.45, 2.75) is 130 Å². The second-order valence-corrected chi connectivity index (χ2v) is 19.9. The van der Waals surface area contributed by atoms with Crippen molar-refractivity contribution in [1.29, 1.82) is 0 Å². The molecule has 3 aromatic carbocycles. The van der Waals surface area contributed by atoms with Crippen LogP contribution in [0.1, 0.15) is 109 Å². The van der Waals surface area contributed by atoms with E-state index in [2.05, 4.69) is 43.5 Å². The smallest absolute Gasteiger partial charge is 0.408 e. The number of hydrogen-bond acceptors (Lipinski definition) is 4. The van der Waals surface area contributed by atoms with E-state index in [0.29, 0.717) is 19.3 Å². The van der Waals surface area contributed by atoms with Crippen LogP contribution in [0.4, 0.5) is 10.5 Å². The van der Waals surface area contributed by atoms with Gasteiger partial charge in [-0.25, -0.2) is 4.79 Å². The number of ether oxygens (including phenoxy) is 1. The maximum Gasteiger partial charge on any atom is 0.408 e. The molecule has 0 aliphatic carbocycles. The summed E-state index contributed by atoms with van der Waals surface area (Å²) in [5, 5.41) is 6.01. The molecule has 4 rings (SSSR count). The number of amides is 3. The molecule has 0 aromatic heterocycles. The van der Waals surface area contributed by atoms with E-state index in [1.807, 2.05) is 66.7 Å². The predicted molar refractivity (Wildman–Crippen MR) is 217 cm³/mol. The van der Waals surface area contributed by atoms with Crippen LogP contribution in [0.15, 0.2) is 78.9 Å². The van der Waals surface area contributed by atoms with Crippen LogP contribution < -0.4 is 10.6 Å². The number of unbranched alkanes of at least 4 members (excludes halogenated alkanes) is 3. The van der Waals surface area contributed by atoms with E-state index in [-0.39, 0.29) is 18.4 Å². The fourth-order valence-electron chi connectivity index (χ4n) is 7.21. The van der Waals surface area contributed by atoms with E-state index < -0.39 is 31.0 Å². The van der Waals surface area contributed by atoms with Crippen molar-refractivity contribution < 1.29 is 19.1 Å². The number of anilines is 1. The van der Waals surface area contributed by atoms with Crippen molar-refractivity contribution in [1.82, 2.24) is 10.2 Å². The molecular formula is C44H63N3O4P+. The summed E-state index contributed by atoms with van der Waals surface area (Å²) in [7, 11) is -1.11. The summed E-state index contributed by atoms with van der Waals surface area (Å²) < 4.78 is 5.57. The zero-order valence-electron chi connectivity index (χ0n) is 32.6. The lowest BCUT2D eigenvalue weighted by molar-refractivity contribution is -0.141. The molecule has 2 N–H and O–H groups in total. The summed E-state index contributed by atoms with van der Waals surface area (Å²) in [6.45, 7) is 12.6. The summed E-state index contributed by atoms with van der Waals surface area (Å²) in [6.07, 6.45) is 13.6. The maximum atomic E-state index is 14.5. The lowest BCUT2D eigenvalue weighted by atomic mass is 9.92. The standard InChI is InChI=1S/C44H62N3O4P/c1-7-10-28-52(29-11-8-2,30-12-9-3)33-35-22-25-38(26-23-35)45-41(48)40-31-36-20-16-17-21-37(36)32-47(40)42(49)39(46-43(50)51-44(4,5)6)27-24-34-18-14-13-15-19-34/h13-23,25-26,39-40H,7-12,24,27-33H2,1-6H3,(H-,45,46,48,50)/p+1. The number of benzene rings is 3. The van der Waals surface area contributed by atoms with E-state index in [4.69, 9.17) is 4.74 Å². The third-order valence-electron chi connectivity index (χ3n) is 10.1. The highest BCUT2D eigenvalue weighted by Gasteiger charge is 2.39. The molecule has 3 aromatic rings. The minimum Gasteiger partial charge on any atom is -0.444 e. The fraction of sp³-hybridized carbons (Fsp3) is 0.523. The third kappa shape index (κ3) is 12.5. The summed E-state index contributed by atoms with van der Waals surface area (Å²) in [4.78, 5) is 43.3. The first-order valence-corrected chi connectivity index (χ1v) is 22.1. The second kappa shape index (κ2) is 19.9. The van der Waals surface area contributed by atoms with Crippen LogP contribution in [0.2, 0.25) is 0 Å². The molecule has 52 heavy (non-hydrogen) atoms. The van der Waals surface area contributed by atoms with Gasteiger partial charge in [0.05, 0.1) is 24.6 Å². The minimum atomic E-state index is -1.11. The highest BCUT2D eigenvalue weighted by molar-refractivity contribution is 7.75. The van der Waals surface area contributed by atoms with Gasteiger partial charge in [-0.2, -0.15) is 0 Å². The fourth-order valence-corrected chi connectivity index (χ4v) is 12.3. The molecule has 3 amide bonds. The number of hydrogen-bond donors (Lipinski definition) is 2. The summed E-state index contributed by atoms with van der Waals surface area (Å²) in [6, 6.07) is 24.7. The lowest BCUT2D eigenvalue weighted by Gasteiger charge is -2.38. The van der Waals surface area contributed by atoms with Gasteiger partial charge >= 0.3 is 6.09 Å². The van der Waals surface area contributed by atoms with Gasteiger partial charge in [0.1, 0.15) is 17.7 Å². The Balaban J connectivity index is 1.55. The first-order valence-electron chi connectivity index (χ1n) is 19.6. The van der Waals surface area contributed by atoms with E-state index in [1.54, 1.807) is 25.7 Å². The zero-order valence-corrected chi connectivity index (χ0v) is 33.5. The molecule has 8 heteroatoms. The first kappa shape index (κ1) is 41.1. The summed E-state index contributed by atoms with van der Waals surface area (Å²) in [5.74, 6) is -0.524. The molecule has 1 aliphatic rings. The molecule has 2 atom stereocenters. The van der Waals surface area contributed by atoms with Crippen molar-refractivity contribution >= 4 is 30.9 Å². The monoisotopic (exact) mass is 728 g/mol. The van der Waals surface area contributed by atoms with Crippen LogP contribution in [0.25, 0.3) is 0 Å². The van der Waals surface area contributed by atoms with E-state index in [0.717, 1.165) is 28.5 Å². The molecule has 0 fully saturated rings. The van der Waals surface area contributed by atoms with Gasteiger partial charge in [-0.05, 0) is 87.3 Å². The molecule has 0 radical (unpaired) electrons. The number of nitrogens with one attached hydrogen (secondary N) is 2. The van der Waals surface area contributed by atoms with Gasteiger partial charge in [0.25, 0.3) is 0 Å². The van der Waals surface area contributed by atoms with Crippen molar-refractivity contribution in [3.05, 3.63) is 101 Å². The van der Waals surface area contributed by atoms with Crippen LogP contribution in [0.3, 0.4) is 0 Å². The largest absolute Gasteiger partial charge is 0.444 e. The Labute approximate surface area is 314 Å². The van der Waals surface area contributed by atoms with Gasteiger partial charge in [-0.1, -0.05) is 107 Å². The molecule has 0 bridgehead atoms. The molecule has 282 valence electrons. The molecule has 0 saturated carbocycles. The lowest BCUT2D eigenvalue weighted by Crippen LogP contribution is -2.57. The summed E-state index contributed by atoms with van der Waals surface area (Å²) >= 11 is 0.